The predicted octanol–water partition coefficient (Wildman–Crippen LogP) is 4.19. The van der Waals surface area contributed by atoms with Crippen molar-refractivity contribution in [2.75, 3.05) is 18.5 Å². The fraction of sp³-hybridized carbons (Fsp3) is 0.316. The van der Waals surface area contributed by atoms with Crippen LogP contribution in [0.5, 0.6) is 5.75 Å². The summed E-state index contributed by atoms with van der Waals surface area (Å²) in [5, 5.41) is 16.9. The molecule has 8 heteroatoms. The minimum atomic E-state index is -0.429. The summed E-state index contributed by atoms with van der Waals surface area (Å²) < 4.78 is 6.59. The van der Waals surface area contributed by atoms with Crippen LogP contribution in [0.1, 0.15) is 30.9 Å². The van der Waals surface area contributed by atoms with Gasteiger partial charge in [-0.2, -0.15) is 0 Å². The van der Waals surface area contributed by atoms with Gasteiger partial charge in [-0.15, -0.1) is 0 Å². The third kappa shape index (κ3) is 5.19. The summed E-state index contributed by atoms with van der Waals surface area (Å²) in [7, 11) is 0. The largest absolute Gasteiger partial charge is 0.493 e. The number of ether oxygens (including phenoxy) is 1. The highest BCUT2D eigenvalue weighted by molar-refractivity contribution is 9.10. The lowest BCUT2D eigenvalue weighted by molar-refractivity contribution is -0.384. The van der Waals surface area contributed by atoms with Gasteiger partial charge in [-0.3, -0.25) is 14.9 Å². The number of nitrogens with one attached hydrogen (secondary N) is 2. The van der Waals surface area contributed by atoms with Crippen LogP contribution in [0.2, 0.25) is 0 Å². The first kappa shape index (κ1) is 19.2. The number of fused-ring (bicyclic) bond motifs is 1. The first-order chi connectivity index (χ1) is 13.0. The number of carbonyl (C=O) groups is 1. The SMILES string of the molecule is O=C(CCCNc1ccc([N+](=O)[O-])cc1)NC1CCOc2ccc(Br)cc21. The third-order valence-electron chi connectivity index (χ3n) is 4.33. The van der Waals surface area contributed by atoms with Crippen LogP contribution in [-0.4, -0.2) is 24.0 Å². The number of benzene rings is 2. The molecule has 1 aliphatic rings. The zero-order chi connectivity index (χ0) is 19.2. The number of hydrogen-bond acceptors (Lipinski definition) is 5. The molecule has 1 heterocycles. The number of halogens is 1. The summed E-state index contributed by atoms with van der Waals surface area (Å²) in [6.07, 6.45) is 1.81. The number of non-ortho nitro benzene ring substituents is 1. The third-order valence-corrected chi connectivity index (χ3v) is 4.83. The van der Waals surface area contributed by atoms with Gasteiger partial charge >= 0.3 is 0 Å². The molecular weight excluding hydrogens is 414 g/mol. The molecule has 7 nitrogen and oxygen atoms in total. The Hall–Kier alpha value is -2.61. The molecule has 1 aliphatic heterocycles. The Morgan fingerprint density at radius 1 is 1.26 bits per heavy atom. The van der Waals surface area contributed by atoms with E-state index in [1.165, 1.54) is 12.1 Å². The van der Waals surface area contributed by atoms with Crippen LogP contribution < -0.4 is 15.4 Å². The van der Waals surface area contributed by atoms with Gasteiger partial charge in [0.15, 0.2) is 0 Å². The van der Waals surface area contributed by atoms with Crippen LogP contribution in [0.15, 0.2) is 46.9 Å². The first-order valence-electron chi connectivity index (χ1n) is 8.73. The Bertz CT molecular complexity index is 826. The van der Waals surface area contributed by atoms with Crippen LogP contribution in [0, 0.1) is 10.1 Å². The van der Waals surface area contributed by atoms with E-state index in [1.54, 1.807) is 12.1 Å². The number of amides is 1. The van der Waals surface area contributed by atoms with E-state index in [-0.39, 0.29) is 17.6 Å². The van der Waals surface area contributed by atoms with Gasteiger partial charge in [0.25, 0.3) is 5.69 Å². The van der Waals surface area contributed by atoms with Gasteiger partial charge in [0.05, 0.1) is 17.6 Å². The molecule has 27 heavy (non-hydrogen) atoms. The quantitative estimate of drug-likeness (QED) is 0.387. The van der Waals surface area contributed by atoms with E-state index in [9.17, 15) is 14.9 Å². The van der Waals surface area contributed by atoms with Crippen molar-refractivity contribution in [1.29, 1.82) is 0 Å². The van der Waals surface area contributed by atoms with Gasteiger partial charge in [0.2, 0.25) is 5.91 Å². The van der Waals surface area contributed by atoms with E-state index < -0.39 is 4.92 Å². The molecule has 1 amide bonds. The molecule has 3 rings (SSSR count). The minimum absolute atomic E-state index is 0.00155. The van der Waals surface area contributed by atoms with Crippen molar-refractivity contribution in [2.24, 2.45) is 0 Å². The molecule has 2 N–H and O–H groups in total. The average Bonchev–Trinajstić information content (AvgIpc) is 2.66. The number of nitro groups is 1. The molecule has 0 fully saturated rings. The van der Waals surface area contributed by atoms with Crippen molar-refractivity contribution in [2.45, 2.75) is 25.3 Å². The van der Waals surface area contributed by atoms with Crippen molar-refractivity contribution in [3.63, 3.8) is 0 Å². The zero-order valence-corrected chi connectivity index (χ0v) is 16.2. The summed E-state index contributed by atoms with van der Waals surface area (Å²) in [6.45, 7) is 1.20. The summed E-state index contributed by atoms with van der Waals surface area (Å²) >= 11 is 3.46. The Kier molecular flexibility index (Phi) is 6.28. The van der Waals surface area contributed by atoms with Gasteiger partial charge in [-0.1, -0.05) is 15.9 Å². The number of anilines is 1. The Labute approximate surface area is 165 Å². The summed E-state index contributed by atoms with van der Waals surface area (Å²) in [4.78, 5) is 22.5. The molecule has 1 unspecified atom stereocenters. The predicted molar refractivity (Wildman–Crippen MR) is 106 cm³/mol. The van der Waals surface area contributed by atoms with Crippen molar-refractivity contribution >= 4 is 33.2 Å². The highest BCUT2D eigenvalue weighted by Gasteiger charge is 2.23. The van der Waals surface area contributed by atoms with Crippen molar-refractivity contribution in [3.05, 3.63) is 62.6 Å². The van der Waals surface area contributed by atoms with Crippen LogP contribution in [0.3, 0.4) is 0 Å². The average molecular weight is 434 g/mol. The second-order valence-corrected chi connectivity index (χ2v) is 7.19. The molecule has 0 radical (unpaired) electrons. The first-order valence-corrected chi connectivity index (χ1v) is 9.52. The van der Waals surface area contributed by atoms with Crippen molar-refractivity contribution < 1.29 is 14.5 Å². The van der Waals surface area contributed by atoms with Crippen LogP contribution in [0.4, 0.5) is 11.4 Å². The van der Waals surface area contributed by atoms with Crippen LogP contribution >= 0.6 is 15.9 Å². The molecular formula is C19H20BrN3O4. The van der Waals surface area contributed by atoms with E-state index in [4.69, 9.17) is 4.74 Å². The lowest BCUT2D eigenvalue weighted by atomic mass is 10.0. The van der Waals surface area contributed by atoms with E-state index in [1.807, 2.05) is 18.2 Å². The maximum absolute atomic E-state index is 12.3. The standard InChI is InChI=1S/C19H20BrN3O4/c20-13-3-8-18-16(12-13)17(9-11-27-18)22-19(24)2-1-10-21-14-4-6-15(7-5-14)23(25)26/h3-8,12,17,21H,1-2,9-11H2,(H,22,24). The van der Waals surface area contributed by atoms with Gasteiger partial charge < -0.3 is 15.4 Å². The summed E-state index contributed by atoms with van der Waals surface area (Å²) in [6, 6.07) is 12.0. The van der Waals surface area contributed by atoms with Gasteiger partial charge in [0.1, 0.15) is 5.75 Å². The number of hydrogen-bond donors (Lipinski definition) is 2. The highest BCUT2D eigenvalue weighted by Crippen LogP contribution is 2.34. The molecule has 0 saturated carbocycles. The Morgan fingerprint density at radius 2 is 2.04 bits per heavy atom. The van der Waals surface area contributed by atoms with Crippen molar-refractivity contribution in [1.82, 2.24) is 5.32 Å². The van der Waals surface area contributed by atoms with Gasteiger partial charge in [0, 0.05) is 47.2 Å². The van der Waals surface area contributed by atoms with Gasteiger partial charge in [-0.05, 0) is 36.8 Å². The second-order valence-electron chi connectivity index (χ2n) is 6.27. The number of carbonyl (C=O) groups excluding carboxylic acids is 1. The molecule has 0 aromatic heterocycles. The molecule has 0 spiro atoms. The zero-order valence-electron chi connectivity index (χ0n) is 14.6. The monoisotopic (exact) mass is 433 g/mol. The van der Waals surface area contributed by atoms with Crippen LogP contribution in [0.25, 0.3) is 0 Å². The molecule has 0 bridgehead atoms. The number of rotatable bonds is 7. The summed E-state index contributed by atoms with van der Waals surface area (Å²) in [5.41, 5.74) is 1.85. The highest BCUT2D eigenvalue weighted by atomic mass is 79.9. The van der Waals surface area contributed by atoms with E-state index >= 15 is 0 Å². The molecule has 142 valence electrons. The maximum Gasteiger partial charge on any atom is 0.269 e. The Balaban J connectivity index is 1.44. The normalized spacial score (nSPS) is 15.4. The van der Waals surface area contributed by atoms with E-state index in [0.717, 1.165) is 27.9 Å². The Morgan fingerprint density at radius 3 is 2.78 bits per heavy atom. The van der Waals surface area contributed by atoms with E-state index in [0.29, 0.717) is 26.0 Å². The smallest absolute Gasteiger partial charge is 0.269 e. The lowest BCUT2D eigenvalue weighted by Crippen LogP contribution is -2.32. The fourth-order valence-electron chi connectivity index (χ4n) is 2.96. The number of nitrogens with zero attached hydrogens (tertiary/aromatic N) is 1. The molecule has 2 aromatic rings. The van der Waals surface area contributed by atoms with Crippen LogP contribution in [-0.2, 0) is 4.79 Å². The molecule has 0 aliphatic carbocycles. The minimum Gasteiger partial charge on any atom is -0.493 e. The summed E-state index contributed by atoms with van der Waals surface area (Å²) in [5.74, 6) is 0.813. The number of nitro benzene ring substituents is 1. The molecule has 0 saturated heterocycles. The lowest BCUT2D eigenvalue weighted by Gasteiger charge is -2.27. The topological polar surface area (TPSA) is 93.5 Å². The van der Waals surface area contributed by atoms with Crippen molar-refractivity contribution in [3.8, 4) is 5.75 Å². The fourth-order valence-corrected chi connectivity index (χ4v) is 3.34. The van der Waals surface area contributed by atoms with E-state index in [2.05, 4.69) is 26.6 Å². The molecule has 2 aromatic carbocycles. The molecule has 1 atom stereocenters. The maximum atomic E-state index is 12.3. The van der Waals surface area contributed by atoms with Gasteiger partial charge in [-0.25, -0.2) is 0 Å². The second kappa shape index (κ2) is 8.85.